The Kier molecular flexibility index (Phi) is 6.77. The van der Waals surface area contributed by atoms with Gasteiger partial charge in [-0.05, 0) is 38.1 Å². The van der Waals surface area contributed by atoms with Crippen molar-refractivity contribution >= 4 is 27.4 Å². The van der Waals surface area contributed by atoms with Crippen molar-refractivity contribution in [3.05, 3.63) is 36.2 Å². The van der Waals surface area contributed by atoms with E-state index < -0.39 is 15.9 Å². The SMILES string of the molecule is COc1ncnc(N(C)C)c1NC(=O)c1ccc(S(=O)(=O)N2C[C@@H](C)O[C@@H](C)C2)cc1. The number of rotatable bonds is 6. The largest absolute Gasteiger partial charge is 0.479 e. The summed E-state index contributed by atoms with van der Waals surface area (Å²) in [6, 6.07) is 5.81. The Morgan fingerprint density at radius 3 is 2.32 bits per heavy atom. The molecule has 0 saturated carbocycles. The maximum Gasteiger partial charge on any atom is 0.255 e. The highest BCUT2D eigenvalue weighted by Gasteiger charge is 2.32. The zero-order valence-electron chi connectivity index (χ0n) is 18.2. The van der Waals surface area contributed by atoms with Gasteiger partial charge in [0.2, 0.25) is 15.9 Å². The van der Waals surface area contributed by atoms with Gasteiger partial charge in [-0.15, -0.1) is 0 Å². The summed E-state index contributed by atoms with van der Waals surface area (Å²) in [5.74, 6) is 0.269. The molecule has 0 aliphatic carbocycles. The molecule has 10 nitrogen and oxygen atoms in total. The van der Waals surface area contributed by atoms with Gasteiger partial charge in [0.05, 0.1) is 24.2 Å². The third kappa shape index (κ3) is 4.94. The first-order valence-corrected chi connectivity index (χ1v) is 11.2. The Balaban J connectivity index is 1.82. The molecule has 1 aromatic heterocycles. The summed E-state index contributed by atoms with van der Waals surface area (Å²) in [4.78, 5) is 22.8. The fourth-order valence-electron chi connectivity index (χ4n) is 3.40. The lowest BCUT2D eigenvalue weighted by molar-refractivity contribution is -0.0440. The zero-order valence-corrected chi connectivity index (χ0v) is 19.0. The standard InChI is InChI=1S/C20H27N5O5S/c1-13-10-25(11-14(2)30-13)31(27,28)16-8-6-15(7-9-16)19(26)23-17-18(24(3)4)21-12-22-20(17)29-5/h6-9,12-14H,10-11H2,1-5H3,(H,23,26)/t13-,14+. The van der Waals surface area contributed by atoms with E-state index in [0.717, 1.165) is 0 Å². The van der Waals surface area contributed by atoms with Crippen LogP contribution in [0.15, 0.2) is 35.5 Å². The number of sulfonamides is 1. The molecule has 1 aliphatic heterocycles. The van der Waals surface area contributed by atoms with Gasteiger partial charge < -0.3 is 19.7 Å². The Bertz CT molecular complexity index is 1030. The minimum absolute atomic E-state index is 0.125. The number of carbonyl (C=O) groups is 1. The highest BCUT2D eigenvalue weighted by molar-refractivity contribution is 7.89. The first-order valence-electron chi connectivity index (χ1n) is 9.76. The van der Waals surface area contributed by atoms with Crippen LogP contribution in [0.1, 0.15) is 24.2 Å². The molecule has 0 spiro atoms. The molecule has 0 bridgehead atoms. The third-order valence-corrected chi connectivity index (χ3v) is 6.63. The molecule has 2 heterocycles. The van der Waals surface area contributed by atoms with Crippen LogP contribution in [0, 0.1) is 0 Å². The lowest BCUT2D eigenvalue weighted by Crippen LogP contribution is -2.48. The highest BCUT2D eigenvalue weighted by Crippen LogP contribution is 2.30. The monoisotopic (exact) mass is 449 g/mol. The van der Waals surface area contributed by atoms with Crippen molar-refractivity contribution in [3.8, 4) is 5.88 Å². The first-order chi connectivity index (χ1) is 14.6. The van der Waals surface area contributed by atoms with Crippen LogP contribution >= 0.6 is 0 Å². The number of aromatic nitrogens is 2. The van der Waals surface area contributed by atoms with Crippen molar-refractivity contribution in [2.24, 2.45) is 0 Å². The second-order valence-electron chi connectivity index (χ2n) is 7.53. The van der Waals surface area contributed by atoms with Gasteiger partial charge in [0.25, 0.3) is 5.91 Å². The summed E-state index contributed by atoms with van der Waals surface area (Å²) in [6.45, 7) is 4.26. The molecule has 2 aromatic rings. The Hall–Kier alpha value is -2.76. The van der Waals surface area contributed by atoms with E-state index in [1.165, 1.54) is 42.0 Å². The average Bonchev–Trinajstić information content (AvgIpc) is 2.73. The minimum atomic E-state index is -3.68. The third-order valence-electron chi connectivity index (χ3n) is 4.79. The number of amides is 1. The quantitative estimate of drug-likeness (QED) is 0.707. The predicted molar refractivity (Wildman–Crippen MR) is 116 cm³/mol. The zero-order chi connectivity index (χ0) is 22.8. The number of benzene rings is 1. The van der Waals surface area contributed by atoms with Crippen LogP contribution < -0.4 is 15.0 Å². The molecular formula is C20H27N5O5S. The molecule has 1 saturated heterocycles. The smallest absolute Gasteiger partial charge is 0.255 e. The average molecular weight is 450 g/mol. The van der Waals surface area contributed by atoms with Crippen molar-refractivity contribution in [1.82, 2.24) is 14.3 Å². The van der Waals surface area contributed by atoms with Gasteiger partial charge in [0.1, 0.15) is 12.0 Å². The molecule has 1 fully saturated rings. The highest BCUT2D eigenvalue weighted by atomic mass is 32.2. The van der Waals surface area contributed by atoms with E-state index in [2.05, 4.69) is 15.3 Å². The number of methoxy groups -OCH3 is 1. The lowest BCUT2D eigenvalue weighted by atomic mass is 10.2. The van der Waals surface area contributed by atoms with Crippen LogP contribution in [-0.4, -0.2) is 75.1 Å². The predicted octanol–water partition coefficient (Wildman–Crippen LogP) is 1.60. The van der Waals surface area contributed by atoms with Crippen molar-refractivity contribution < 1.29 is 22.7 Å². The summed E-state index contributed by atoms with van der Waals surface area (Å²) in [5.41, 5.74) is 0.617. The fraction of sp³-hybridized carbons (Fsp3) is 0.450. The summed E-state index contributed by atoms with van der Waals surface area (Å²) >= 11 is 0. The number of morpholine rings is 1. The van der Waals surface area contributed by atoms with E-state index in [0.29, 0.717) is 17.1 Å². The Labute approximate surface area is 182 Å². The van der Waals surface area contributed by atoms with E-state index in [1.54, 1.807) is 19.0 Å². The molecule has 31 heavy (non-hydrogen) atoms. The molecule has 0 unspecified atom stereocenters. The molecule has 11 heteroatoms. The number of anilines is 2. The van der Waals surface area contributed by atoms with Crippen LogP contribution in [0.2, 0.25) is 0 Å². The number of ether oxygens (including phenoxy) is 2. The van der Waals surface area contributed by atoms with E-state index in [9.17, 15) is 13.2 Å². The van der Waals surface area contributed by atoms with E-state index in [1.807, 2.05) is 13.8 Å². The molecule has 1 aromatic carbocycles. The molecule has 168 valence electrons. The summed E-state index contributed by atoms with van der Waals surface area (Å²) in [6.07, 6.45) is 0.978. The lowest BCUT2D eigenvalue weighted by Gasteiger charge is -2.34. The van der Waals surface area contributed by atoms with Crippen molar-refractivity contribution in [2.75, 3.05) is 44.5 Å². The first kappa shape index (κ1) is 22.9. The second-order valence-corrected chi connectivity index (χ2v) is 9.47. The van der Waals surface area contributed by atoms with Gasteiger partial charge in [-0.2, -0.15) is 9.29 Å². The number of nitrogens with zero attached hydrogens (tertiary/aromatic N) is 4. The topological polar surface area (TPSA) is 114 Å². The van der Waals surface area contributed by atoms with Gasteiger partial charge in [0.15, 0.2) is 5.82 Å². The van der Waals surface area contributed by atoms with Gasteiger partial charge in [-0.3, -0.25) is 4.79 Å². The molecule has 1 amide bonds. The molecule has 3 rings (SSSR count). The number of carbonyl (C=O) groups excluding carboxylic acids is 1. The number of nitrogens with one attached hydrogen (secondary N) is 1. The normalized spacial score (nSPS) is 19.6. The molecule has 0 radical (unpaired) electrons. The summed E-state index contributed by atoms with van der Waals surface area (Å²) < 4.78 is 38.2. The van der Waals surface area contributed by atoms with Crippen LogP contribution in [0.4, 0.5) is 11.5 Å². The van der Waals surface area contributed by atoms with Crippen LogP contribution in [0.3, 0.4) is 0 Å². The molecule has 2 atom stereocenters. The molecule has 1 N–H and O–H groups in total. The van der Waals surface area contributed by atoms with Gasteiger partial charge >= 0.3 is 0 Å². The van der Waals surface area contributed by atoms with Gasteiger partial charge in [-0.25, -0.2) is 13.4 Å². The second kappa shape index (κ2) is 9.16. The van der Waals surface area contributed by atoms with Crippen molar-refractivity contribution in [1.29, 1.82) is 0 Å². The van der Waals surface area contributed by atoms with Crippen LogP contribution in [0.25, 0.3) is 0 Å². The summed E-state index contributed by atoms with van der Waals surface area (Å²) in [5, 5.41) is 2.75. The van der Waals surface area contributed by atoms with E-state index >= 15 is 0 Å². The minimum Gasteiger partial charge on any atom is -0.479 e. The van der Waals surface area contributed by atoms with Gasteiger partial charge in [-0.1, -0.05) is 0 Å². The number of hydrogen-bond acceptors (Lipinski definition) is 8. The van der Waals surface area contributed by atoms with Gasteiger partial charge in [0, 0.05) is 32.7 Å². The van der Waals surface area contributed by atoms with E-state index in [4.69, 9.17) is 9.47 Å². The van der Waals surface area contributed by atoms with Crippen molar-refractivity contribution in [3.63, 3.8) is 0 Å². The molecular weight excluding hydrogens is 422 g/mol. The van der Waals surface area contributed by atoms with Crippen LogP contribution in [0.5, 0.6) is 5.88 Å². The van der Waals surface area contributed by atoms with Crippen LogP contribution in [-0.2, 0) is 14.8 Å². The molecule has 1 aliphatic rings. The Morgan fingerprint density at radius 2 is 1.77 bits per heavy atom. The Morgan fingerprint density at radius 1 is 1.16 bits per heavy atom. The summed E-state index contributed by atoms with van der Waals surface area (Å²) in [7, 11) is 1.33. The van der Waals surface area contributed by atoms with E-state index in [-0.39, 0.29) is 36.1 Å². The van der Waals surface area contributed by atoms with Crippen molar-refractivity contribution in [2.45, 2.75) is 31.0 Å². The maximum atomic E-state index is 13.0. The number of hydrogen-bond donors (Lipinski definition) is 1. The maximum absolute atomic E-state index is 13.0. The fourth-order valence-corrected chi connectivity index (χ4v) is 4.99.